The van der Waals surface area contributed by atoms with E-state index in [0.717, 1.165) is 30.4 Å². The fourth-order valence-electron chi connectivity index (χ4n) is 2.52. The first-order chi connectivity index (χ1) is 9.13. The third kappa shape index (κ3) is 2.53. The number of nitrogens with one attached hydrogen (secondary N) is 1. The molecule has 1 N–H and O–H groups in total. The van der Waals surface area contributed by atoms with E-state index in [2.05, 4.69) is 22.3 Å². The van der Waals surface area contributed by atoms with E-state index in [9.17, 15) is 0 Å². The predicted octanol–water partition coefficient (Wildman–Crippen LogP) is 2.00. The van der Waals surface area contributed by atoms with Crippen LogP contribution in [0.1, 0.15) is 13.3 Å². The van der Waals surface area contributed by atoms with Gasteiger partial charge in [0.1, 0.15) is 16.8 Å². The fourth-order valence-corrected chi connectivity index (χ4v) is 2.70. The van der Waals surface area contributed by atoms with Crippen molar-refractivity contribution in [3.63, 3.8) is 0 Å². The molecule has 2 atom stereocenters. The van der Waals surface area contributed by atoms with E-state index in [-0.39, 0.29) is 6.10 Å². The van der Waals surface area contributed by atoms with Gasteiger partial charge in [-0.05, 0) is 19.9 Å². The number of aromatic nitrogens is 3. The zero-order valence-electron chi connectivity index (χ0n) is 11.1. The quantitative estimate of drug-likeness (QED) is 0.874. The number of rotatable bonds is 3. The first kappa shape index (κ1) is 12.7. The molecule has 5 nitrogen and oxygen atoms in total. The summed E-state index contributed by atoms with van der Waals surface area (Å²) in [5, 5.41) is 9.01. The summed E-state index contributed by atoms with van der Waals surface area (Å²) in [6.45, 7) is 4.14. The number of aryl methyl sites for hydroxylation is 1. The van der Waals surface area contributed by atoms with Crippen LogP contribution in [-0.4, -0.2) is 34.0 Å². The molecule has 102 valence electrons. The van der Waals surface area contributed by atoms with Gasteiger partial charge in [-0.2, -0.15) is 5.10 Å². The Kier molecular flexibility index (Phi) is 3.33. The second kappa shape index (κ2) is 4.98. The Morgan fingerprint density at radius 1 is 1.58 bits per heavy atom. The summed E-state index contributed by atoms with van der Waals surface area (Å²) >= 11 is 6.02. The van der Waals surface area contributed by atoms with Gasteiger partial charge in [-0.25, -0.2) is 4.98 Å². The smallest absolute Gasteiger partial charge is 0.226 e. The molecule has 3 rings (SSSR count). The summed E-state index contributed by atoms with van der Waals surface area (Å²) in [4.78, 5) is 4.30. The van der Waals surface area contributed by atoms with Gasteiger partial charge in [0.05, 0.1) is 5.39 Å². The average molecular weight is 281 g/mol. The molecule has 2 aromatic rings. The van der Waals surface area contributed by atoms with Crippen LogP contribution in [-0.2, 0) is 7.05 Å². The molecule has 0 aromatic carbocycles. The lowest BCUT2D eigenvalue weighted by Gasteiger charge is -2.19. The lowest BCUT2D eigenvalue weighted by atomic mass is 10.0. The van der Waals surface area contributed by atoms with Crippen molar-refractivity contribution in [3.8, 4) is 5.88 Å². The highest BCUT2D eigenvalue weighted by molar-refractivity contribution is 6.30. The molecule has 0 radical (unpaired) electrons. The lowest BCUT2D eigenvalue weighted by Crippen LogP contribution is -2.26. The second-order valence-electron chi connectivity index (χ2n) is 5.06. The molecule has 1 aliphatic heterocycles. The van der Waals surface area contributed by atoms with Gasteiger partial charge >= 0.3 is 0 Å². The molecular formula is C13H17ClN4O. The molecule has 0 amide bonds. The van der Waals surface area contributed by atoms with Crippen molar-refractivity contribution in [2.45, 2.75) is 19.4 Å². The van der Waals surface area contributed by atoms with Crippen LogP contribution in [0.5, 0.6) is 5.88 Å². The van der Waals surface area contributed by atoms with Gasteiger partial charge in [0.25, 0.3) is 0 Å². The van der Waals surface area contributed by atoms with E-state index in [1.54, 1.807) is 10.7 Å². The van der Waals surface area contributed by atoms with Crippen molar-refractivity contribution < 1.29 is 4.74 Å². The van der Waals surface area contributed by atoms with Gasteiger partial charge in [-0.15, -0.1) is 0 Å². The molecular weight excluding hydrogens is 264 g/mol. The van der Waals surface area contributed by atoms with E-state index < -0.39 is 0 Å². The second-order valence-corrected chi connectivity index (χ2v) is 5.45. The van der Waals surface area contributed by atoms with Crippen LogP contribution >= 0.6 is 11.6 Å². The minimum Gasteiger partial charge on any atom is -0.474 e. The number of pyridine rings is 1. The van der Waals surface area contributed by atoms with Gasteiger partial charge in [0.2, 0.25) is 5.88 Å². The van der Waals surface area contributed by atoms with Crippen LogP contribution in [0.25, 0.3) is 10.9 Å². The third-order valence-electron chi connectivity index (χ3n) is 3.61. The molecule has 0 unspecified atom stereocenters. The predicted molar refractivity (Wildman–Crippen MR) is 74.6 cm³/mol. The van der Waals surface area contributed by atoms with Gasteiger partial charge in [0.15, 0.2) is 0 Å². The lowest BCUT2D eigenvalue weighted by molar-refractivity contribution is 0.157. The van der Waals surface area contributed by atoms with Crippen molar-refractivity contribution in [1.82, 2.24) is 20.1 Å². The Morgan fingerprint density at radius 2 is 2.42 bits per heavy atom. The minimum atomic E-state index is 0.115. The SMILES string of the molecule is C[C@@H](Oc1nc(Cl)cc2nn(C)cc12)[C@@H]1CCNC1. The van der Waals surface area contributed by atoms with E-state index in [0.29, 0.717) is 17.0 Å². The molecule has 3 heterocycles. The Hall–Kier alpha value is -1.33. The topological polar surface area (TPSA) is 52.0 Å². The number of nitrogens with zero attached hydrogens (tertiary/aromatic N) is 3. The normalized spacial score (nSPS) is 20.9. The molecule has 1 fully saturated rings. The molecule has 0 bridgehead atoms. The van der Waals surface area contributed by atoms with Crippen molar-refractivity contribution in [2.24, 2.45) is 13.0 Å². The summed E-state index contributed by atoms with van der Waals surface area (Å²) in [7, 11) is 1.88. The Balaban J connectivity index is 1.90. The first-order valence-corrected chi connectivity index (χ1v) is 6.88. The summed E-state index contributed by atoms with van der Waals surface area (Å²) in [6.07, 6.45) is 3.16. The molecule has 0 aliphatic carbocycles. The van der Waals surface area contributed by atoms with Crippen molar-refractivity contribution >= 4 is 22.5 Å². The number of halogens is 1. The Morgan fingerprint density at radius 3 is 3.16 bits per heavy atom. The van der Waals surface area contributed by atoms with Crippen LogP contribution in [0.15, 0.2) is 12.3 Å². The highest BCUT2D eigenvalue weighted by atomic mass is 35.5. The zero-order chi connectivity index (χ0) is 13.4. The summed E-state index contributed by atoms with van der Waals surface area (Å²) in [5.41, 5.74) is 0.814. The van der Waals surface area contributed by atoms with E-state index in [1.807, 2.05) is 13.2 Å². The van der Waals surface area contributed by atoms with Crippen LogP contribution in [0.3, 0.4) is 0 Å². The molecule has 1 saturated heterocycles. The van der Waals surface area contributed by atoms with E-state index in [1.165, 1.54) is 0 Å². The third-order valence-corrected chi connectivity index (χ3v) is 3.81. The van der Waals surface area contributed by atoms with Crippen LogP contribution in [0.2, 0.25) is 5.15 Å². The monoisotopic (exact) mass is 280 g/mol. The highest BCUT2D eigenvalue weighted by Crippen LogP contribution is 2.28. The minimum absolute atomic E-state index is 0.115. The molecule has 2 aromatic heterocycles. The van der Waals surface area contributed by atoms with Crippen molar-refractivity contribution in [2.75, 3.05) is 13.1 Å². The summed E-state index contributed by atoms with van der Waals surface area (Å²) in [5.74, 6) is 1.10. The fraction of sp³-hybridized carbons (Fsp3) is 0.538. The van der Waals surface area contributed by atoms with Crippen LogP contribution in [0, 0.1) is 5.92 Å². The standard InChI is InChI=1S/C13H17ClN4O/c1-8(9-3-4-15-6-9)19-13-10-7-18(2)17-11(10)5-12(14)16-13/h5,7-9,15H,3-4,6H2,1-2H3/t8-,9-/m1/s1. The van der Waals surface area contributed by atoms with Gasteiger partial charge in [0, 0.05) is 31.8 Å². The number of hydrogen-bond acceptors (Lipinski definition) is 4. The first-order valence-electron chi connectivity index (χ1n) is 6.51. The van der Waals surface area contributed by atoms with E-state index in [4.69, 9.17) is 16.3 Å². The van der Waals surface area contributed by atoms with Crippen molar-refractivity contribution in [3.05, 3.63) is 17.4 Å². The maximum Gasteiger partial charge on any atom is 0.226 e. The Labute approximate surface area is 116 Å². The number of hydrogen-bond donors (Lipinski definition) is 1. The van der Waals surface area contributed by atoms with Gasteiger partial charge < -0.3 is 10.1 Å². The highest BCUT2D eigenvalue weighted by Gasteiger charge is 2.24. The maximum absolute atomic E-state index is 6.02. The summed E-state index contributed by atoms with van der Waals surface area (Å²) < 4.78 is 7.76. The largest absolute Gasteiger partial charge is 0.474 e. The number of ether oxygens (including phenoxy) is 1. The molecule has 1 aliphatic rings. The average Bonchev–Trinajstić information content (AvgIpc) is 2.96. The Bertz CT molecular complexity index is 592. The molecule has 0 saturated carbocycles. The number of fused-ring (bicyclic) bond motifs is 1. The maximum atomic E-state index is 6.02. The van der Waals surface area contributed by atoms with Gasteiger partial charge in [-0.1, -0.05) is 11.6 Å². The summed E-state index contributed by atoms with van der Waals surface area (Å²) in [6, 6.07) is 1.76. The van der Waals surface area contributed by atoms with Crippen LogP contribution in [0.4, 0.5) is 0 Å². The van der Waals surface area contributed by atoms with Crippen molar-refractivity contribution in [1.29, 1.82) is 0 Å². The van der Waals surface area contributed by atoms with Gasteiger partial charge in [-0.3, -0.25) is 4.68 Å². The van der Waals surface area contributed by atoms with Crippen LogP contribution < -0.4 is 10.1 Å². The zero-order valence-corrected chi connectivity index (χ0v) is 11.8. The molecule has 0 spiro atoms. The molecule has 6 heteroatoms. The van der Waals surface area contributed by atoms with E-state index >= 15 is 0 Å². The molecule has 19 heavy (non-hydrogen) atoms.